The van der Waals surface area contributed by atoms with Crippen molar-refractivity contribution in [3.05, 3.63) is 53.9 Å². The maximum absolute atomic E-state index is 12.4. The maximum atomic E-state index is 12.4. The summed E-state index contributed by atoms with van der Waals surface area (Å²) in [4.78, 5) is 16.4. The number of aromatic nitrogens is 1. The number of carbonyl (C=O) groups excluding carboxylic acids is 1. The summed E-state index contributed by atoms with van der Waals surface area (Å²) in [5.41, 5.74) is 7.53. The van der Waals surface area contributed by atoms with Crippen LogP contribution in [-0.2, 0) is 6.61 Å². The van der Waals surface area contributed by atoms with Crippen molar-refractivity contribution < 1.29 is 14.3 Å². The van der Waals surface area contributed by atoms with Crippen LogP contribution >= 0.6 is 0 Å². The molecule has 1 saturated carbocycles. The van der Waals surface area contributed by atoms with Gasteiger partial charge in [-0.05, 0) is 49.9 Å². The van der Waals surface area contributed by atoms with Crippen molar-refractivity contribution in [1.29, 1.82) is 0 Å². The summed E-state index contributed by atoms with van der Waals surface area (Å²) < 4.78 is 11.5. The zero-order valence-electron chi connectivity index (χ0n) is 15.0. The second-order valence-corrected chi connectivity index (χ2v) is 6.46. The number of rotatable bonds is 9. The third-order valence-electron chi connectivity index (χ3n) is 4.35. The number of nitrogens with zero attached hydrogens (tertiary/aromatic N) is 1. The third-order valence-corrected chi connectivity index (χ3v) is 4.35. The van der Waals surface area contributed by atoms with E-state index in [4.69, 9.17) is 15.2 Å². The van der Waals surface area contributed by atoms with E-state index in [-0.39, 0.29) is 11.9 Å². The van der Waals surface area contributed by atoms with Gasteiger partial charge in [0.25, 0.3) is 5.91 Å². The highest BCUT2D eigenvalue weighted by Gasteiger charge is 2.28. The highest BCUT2D eigenvalue weighted by atomic mass is 16.5. The van der Waals surface area contributed by atoms with Gasteiger partial charge in [0.2, 0.25) is 0 Å². The van der Waals surface area contributed by atoms with E-state index >= 15 is 0 Å². The molecule has 1 atom stereocenters. The Kier molecular flexibility index (Phi) is 6.07. The number of pyridine rings is 1. The Hall–Kier alpha value is -2.60. The van der Waals surface area contributed by atoms with Crippen LogP contribution in [0.15, 0.2) is 42.7 Å². The standard InChI is InChI=1S/C20H25N3O3/c1-2-25-19-10-16(20(24)23-12-17(21)15-5-6-15)7-8-18(19)26-13-14-4-3-9-22-11-14/h3-4,7-11,15,17H,2,5-6,12-13,21H2,1H3,(H,23,24). The van der Waals surface area contributed by atoms with Gasteiger partial charge in [0.15, 0.2) is 11.5 Å². The molecule has 0 aliphatic heterocycles. The molecule has 1 unspecified atom stereocenters. The average molecular weight is 355 g/mol. The highest BCUT2D eigenvalue weighted by Crippen LogP contribution is 2.31. The molecular weight excluding hydrogens is 330 g/mol. The molecule has 1 fully saturated rings. The first-order valence-electron chi connectivity index (χ1n) is 8.99. The Morgan fingerprint density at radius 3 is 2.85 bits per heavy atom. The van der Waals surface area contributed by atoms with Crippen LogP contribution in [-0.4, -0.2) is 30.1 Å². The van der Waals surface area contributed by atoms with Crippen molar-refractivity contribution in [1.82, 2.24) is 10.3 Å². The number of ether oxygens (including phenoxy) is 2. The molecule has 1 aliphatic carbocycles. The van der Waals surface area contributed by atoms with Crippen LogP contribution < -0.4 is 20.5 Å². The van der Waals surface area contributed by atoms with Gasteiger partial charge in [-0.15, -0.1) is 0 Å². The fraction of sp³-hybridized carbons (Fsp3) is 0.400. The van der Waals surface area contributed by atoms with Crippen molar-refractivity contribution in [3.8, 4) is 11.5 Å². The first-order valence-corrected chi connectivity index (χ1v) is 8.99. The topological polar surface area (TPSA) is 86.5 Å². The Labute approximate surface area is 153 Å². The van der Waals surface area contributed by atoms with E-state index in [2.05, 4.69) is 10.3 Å². The highest BCUT2D eigenvalue weighted by molar-refractivity contribution is 5.94. The number of hydrogen-bond acceptors (Lipinski definition) is 5. The van der Waals surface area contributed by atoms with Crippen LogP contribution in [0.25, 0.3) is 0 Å². The lowest BCUT2D eigenvalue weighted by molar-refractivity contribution is 0.0949. The van der Waals surface area contributed by atoms with Crippen LogP contribution in [0.3, 0.4) is 0 Å². The lowest BCUT2D eigenvalue weighted by atomic mass is 10.1. The minimum Gasteiger partial charge on any atom is -0.490 e. The van der Waals surface area contributed by atoms with Crippen molar-refractivity contribution in [3.63, 3.8) is 0 Å². The second-order valence-electron chi connectivity index (χ2n) is 6.46. The van der Waals surface area contributed by atoms with E-state index in [1.807, 2.05) is 19.1 Å². The van der Waals surface area contributed by atoms with Gasteiger partial charge in [0.05, 0.1) is 6.61 Å². The maximum Gasteiger partial charge on any atom is 0.251 e. The Morgan fingerprint density at radius 1 is 1.31 bits per heavy atom. The van der Waals surface area contributed by atoms with Crippen LogP contribution in [0, 0.1) is 5.92 Å². The zero-order chi connectivity index (χ0) is 18.4. The lowest BCUT2D eigenvalue weighted by Crippen LogP contribution is -2.38. The Morgan fingerprint density at radius 2 is 2.15 bits per heavy atom. The largest absolute Gasteiger partial charge is 0.490 e. The minimum absolute atomic E-state index is 0.0346. The molecule has 0 spiro atoms. The van der Waals surface area contributed by atoms with E-state index in [9.17, 15) is 4.79 Å². The second kappa shape index (κ2) is 8.67. The van der Waals surface area contributed by atoms with Crippen LogP contribution in [0.4, 0.5) is 0 Å². The number of amides is 1. The molecule has 3 N–H and O–H groups in total. The molecule has 1 aromatic carbocycles. The van der Waals surface area contributed by atoms with Crippen LogP contribution in [0.2, 0.25) is 0 Å². The molecule has 0 bridgehead atoms. The van der Waals surface area contributed by atoms with Gasteiger partial charge >= 0.3 is 0 Å². The monoisotopic (exact) mass is 355 g/mol. The third kappa shape index (κ3) is 4.95. The average Bonchev–Trinajstić information content (AvgIpc) is 3.51. The quantitative estimate of drug-likeness (QED) is 0.722. The van der Waals surface area contributed by atoms with Gasteiger partial charge in [-0.25, -0.2) is 0 Å². The van der Waals surface area contributed by atoms with Crippen LogP contribution in [0.5, 0.6) is 11.5 Å². The molecule has 1 aliphatic rings. The molecule has 2 aromatic rings. The predicted octanol–water partition coefficient (Wildman–Crippen LogP) is 2.53. The first-order chi connectivity index (χ1) is 12.7. The van der Waals surface area contributed by atoms with Gasteiger partial charge in [-0.2, -0.15) is 0 Å². The summed E-state index contributed by atoms with van der Waals surface area (Å²) in [6.07, 6.45) is 5.80. The van der Waals surface area contributed by atoms with E-state index in [0.717, 1.165) is 18.4 Å². The van der Waals surface area contributed by atoms with Gasteiger partial charge in [0, 0.05) is 36.1 Å². The van der Waals surface area contributed by atoms with Gasteiger partial charge in [-0.3, -0.25) is 9.78 Å². The van der Waals surface area contributed by atoms with E-state index < -0.39 is 0 Å². The normalized spacial score (nSPS) is 14.5. The number of carbonyl (C=O) groups is 1. The summed E-state index contributed by atoms with van der Waals surface area (Å²) in [5.74, 6) is 1.55. The summed E-state index contributed by atoms with van der Waals surface area (Å²) >= 11 is 0. The number of nitrogens with two attached hydrogens (primary N) is 1. The van der Waals surface area contributed by atoms with E-state index in [1.165, 1.54) is 0 Å². The molecular formula is C20H25N3O3. The molecule has 6 heteroatoms. The first kappa shape index (κ1) is 18.2. The predicted molar refractivity (Wildman–Crippen MR) is 99.2 cm³/mol. The van der Waals surface area contributed by atoms with Crippen molar-refractivity contribution in [2.75, 3.05) is 13.2 Å². The zero-order valence-corrected chi connectivity index (χ0v) is 15.0. The lowest BCUT2D eigenvalue weighted by Gasteiger charge is -2.15. The summed E-state index contributed by atoms with van der Waals surface area (Å²) in [6.45, 7) is 3.26. The van der Waals surface area contributed by atoms with Crippen LogP contribution in [0.1, 0.15) is 35.7 Å². The SMILES string of the molecule is CCOc1cc(C(=O)NCC(N)C2CC2)ccc1OCc1cccnc1. The minimum atomic E-state index is -0.152. The fourth-order valence-electron chi connectivity index (χ4n) is 2.69. The van der Waals surface area contributed by atoms with Gasteiger partial charge < -0.3 is 20.5 Å². The Balaban J connectivity index is 1.64. The van der Waals surface area contributed by atoms with E-state index in [0.29, 0.717) is 42.7 Å². The van der Waals surface area contributed by atoms with Gasteiger partial charge in [-0.1, -0.05) is 6.07 Å². The summed E-state index contributed by atoms with van der Waals surface area (Å²) in [5, 5.41) is 2.90. The number of benzene rings is 1. The molecule has 138 valence electrons. The smallest absolute Gasteiger partial charge is 0.251 e. The molecule has 1 amide bonds. The van der Waals surface area contributed by atoms with Crippen molar-refractivity contribution in [2.24, 2.45) is 11.7 Å². The molecule has 1 aromatic heterocycles. The Bertz CT molecular complexity index is 732. The molecule has 1 heterocycles. The van der Waals surface area contributed by atoms with Gasteiger partial charge in [0.1, 0.15) is 6.61 Å². The number of nitrogens with one attached hydrogen (secondary N) is 1. The molecule has 0 saturated heterocycles. The molecule has 0 radical (unpaired) electrons. The fourth-order valence-corrected chi connectivity index (χ4v) is 2.69. The summed E-state index contributed by atoms with van der Waals surface area (Å²) in [7, 11) is 0. The van der Waals surface area contributed by atoms with E-state index in [1.54, 1.807) is 30.6 Å². The van der Waals surface area contributed by atoms with Crippen molar-refractivity contribution in [2.45, 2.75) is 32.4 Å². The molecule has 26 heavy (non-hydrogen) atoms. The molecule has 3 rings (SSSR count). The summed E-state index contributed by atoms with van der Waals surface area (Å²) in [6, 6.07) is 9.04. The number of hydrogen-bond donors (Lipinski definition) is 2. The molecule has 6 nitrogen and oxygen atoms in total. The van der Waals surface area contributed by atoms with Crippen molar-refractivity contribution >= 4 is 5.91 Å².